The van der Waals surface area contributed by atoms with Crippen LogP contribution in [0.25, 0.3) is 0 Å². The second kappa shape index (κ2) is 5.39. The van der Waals surface area contributed by atoms with E-state index in [0.717, 1.165) is 24.1 Å². The van der Waals surface area contributed by atoms with Crippen molar-refractivity contribution in [2.24, 2.45) is 0 Å². The van der Waals surface area contributed by atoms with Gasteiger partial charge in [-0.3, -0.25) is 9.59 Å². The van der Waals surface area contributed by atoms with Gasteiger partial charge in [0.1, 0.15) is 6.04 Å². The van der Waals surface area contributed by atoms with Gasteiger partial charge in [-0.05, 0) is 31.4 Å². The number of nitrogens with zero attached hydrogens (tertiary/aromatic N) is 1. The Morgan fingerprint density at radius 2 is 2.10 bits per heavy atom. The maximum Gasteiger partial charge on any atom is 0.304 e. The molecule has 112 valence electrons. The molecule has 1 amide bonds. The lowest BCUT2D eigenvalue weighted by molar-refractivity contribution is -0.137. The Morgan fingerprint density at radius 1 is 1.38 bits per heavy atom. The van der Waals surface area contributed by atoms with Crippen molar-refractivity contribution < 1.29 is 14.7 Å². The standard InChI is InChI=1S/C16H20N2O3/c1-10(16(21)17-12-6-7-12)18-9-11(8-15(19)20)13-4-2-3-5-14(13)18/h2-5,10-12H,6-9H2,1H3,(H,17,21)(H,19,20). The van der Waals surface area contributed by atoms with Crippen molar-refractivity contribution in [3.8, 4) is 0 Å². The number of anilines is 1. The first-order valence-corrected chi connectivity index (χ1v) is 7.44. The van der Waals surface area contributed by atoms with Crippen LogP contribution in [-0.4, -0.2) is 35.6 Å². The first-order chi connectivity index (χ1) is 10.1. The van der Waals surface area contributed by atoms with Gasteiger partial charge in [-0.25, -0.2) is 0 Å². The molecule has 5 nitrogen and oxygen atoms in total. The van der Waals surface area contributed by atoms with Gasteiger partial charge in [0.2, 0.25) is 5.91 Å². The third kappa shape index (κ3) is 2.86. The number of rotatable bonds is 5. The Balaban J connectivity index is 1.79. The molecule has 3 rings (SSSR count). The summed E-state index contributed by atoms with van der Waals surface area (Å²) in [6.45, 7) is 2.47. The first kappa shape index (κ1) is 13.9. The molecule has 1 aromatic rings. The van der Waals surface area contributed by atoms with E-state index in [2.05, 4.69) is 5.32 Å². The van der Waals surface area contributed by atoms with Crippen molar-refractivity contribution in [3.05, 3.63) is 29.8 Å². The zero-order valence-electron chi connectivity index (χ0n) is 12.1. The smallest absolute Gasteiger partial charge is 0.304 e. The SMILES string of the molecule is CC(C(=O)NC1CC1)N1CC(CC(=O)O)c2ccccc21. The van der Waals surface area contributed by atoms with Crippen molar-refractivity contribution in [1.82, 2.24) is 5.32 Å². The van der Waals surface area contributed by atoms with E-state index in [0.29, 0.717) is 12.6 Å². The fourth-order valence-corrected chi connectivity index (χ4v) is 2.97. The van der Waals surface area contributed by atoms with Crippen molar-refractivity contribution >= 4 is 17.6 Å². The number of hydrogen-bond donors (Lipinski definition) is 2. The van der Waals surface area contributed by atoms with Gasteiger partial charge in [0.05, 0.1) is 6.42 Å². The van der Waals surface area contributed by atoms with E-state index in [9.17, 15) is 9.59 Å². The molecule has 1 saturated carbocycles. The second-order valence-corrected chi connectivity index (χ2v) is 5.96. The maximum absolute atomic E-state index is 12.3. The monoisotopic (exact) mass is 288 g/mol. The van der Waals surface area contributed by atoms with E-state index < -0.39 is 5.97 Å². The van der Waals surface area contributed by atoms with E-state index in [1.165, 1.54) is 0 Å². The van der Waals surface area contributed by atoms with Crippen molar-refractivity contribution in [2.75, 3.05) is 11.4 Å². The van der Waals surface area contributed by atoms with Crippen LogP contribution in [0.15, 0.2) is 24.3 Å². The van der Waals surface area contributed by atoms with Gasteiger partial charge in [0, 0.05) is 24.2 Å². The average Bonchev–Trinajstić information content (AvgIpc) is 3.19. The number of carboxylic acid groups (broad SMARTS) is 1. The average molecular weight is 288 g/mol. The molecule has 2 unspecified atom stereocenters. The number of carbonyl (C=O) groups is 2. The molecule has 2 N–H and O–H groups in total. The van der Waals surface area contributed by atoms with Gasteiger partial charge in [0.25, 0.3) is 0 Å². The minimum absolute atomic E-state index is 0.0308. The van der Waals surface area contributed by atoms with Crippen LogP contribution in [0.1, 0.15) is 37.7 Å². The number of fused-ring (bicyclic) bond motifs is 1. The van der Waals surface area contributed by atoms with E-state index in [1.54, 1.807) is 0 Å². The molecular weight excluding hydrogens is 268 g/mol. The summed E-state index contributed by atoms with van der Waals surface area (Å²) >= 11 is 0. The quantitative estimate of drug-likeness (QED) is 0.866. The van der Waals surface area contributed by atoms with Gasteiger partial charge >= 0.3 is 5.97 Å². The van der Waals surface area contributed by atoms with E-state index >= 15 is 0 Å². The molecule has 0 radical (unpaired) electrons. The summed E-state index contributed by atoms with van der Waals surface area (Å²) in [5.41, 5.74) is 2.02. The lowest BCUT2D eigenvalue weighted by Crippen LogP contribution is -2.45. The molecular formula is C16H20N2O3. The summed E-state index contributed by atoms with van der Waals surface area (Å²) in [5.74, 6) is -0.815. The highest BCUT2D eigenvalue weighted by atomic mass is 16.4. The van der Waals surface area contributed by atoms with Crippen LogP contribution in [0, 0.1) is 0 Å². The molecule has 1 aliphatic heterocycles. The highest BCUT2D eigenvalue weighted by molar-refractivity contribution is 5.86. The van der Waals surface area contributed by atoms with Gasteiger partial charge in [-0.15, -0.1) is 0 Å². The molecule has 21 heavy (non-hydrogen) atoms. The fraction of sp³-hybridized carbons (Fsp3) is 0.500. The molecule has 0 bridgehead atoms. The first-order valence-electron chi connectivity index (χ1n) is 7.44. The van der Waals surface area contributed by atoms with Crippen LogP contribution in [0.3, 0.4) is 0 Å². The zero-order valence-corrected chi connectivity index (χ0v) is 12.1. The molecule has 2 atom stereocenters. The summed E-state index contributed by atoms with van der Waals surface area (Å²) in [5, 5.41) is 12.1. The van der Waals surface area contributed by atoms with Crippen LogP contribution in [0.5, 0.6) is 0 Å². The topological polar surface area (TPSA) is 69.6 Å². The maximum atomic E-state index is 12.3. The molecule has 2 aliphatic rings. The van der Waals surface area contributed by atoms with E-state index in [-0.39, 0.29) is 24.3 Å². The van der Waals surface area contributed by atoms with Gasteiger partial charge in [0.15, 0.2) is 0 Å². The zero-order chi connectivity index (χ0) is 15.0. The van der Waals surface area contributed by atoms with Crippen LogP contribution in [0.4, 0.5) is 5.69 Å². The van der Waals surface area contributed by atoms with E-state index in [4.69, 9.17) is 5.11 Å². The minimum atomic E-state index is -0.799. The number of para-hydroxylation sites is 1. The molecule has 5 heteroatoms. The molecule has 0 aromatic heterocycles. The van der Waals surface area contributed by atoms with Crippen LogP contribution in [0.2, 0.25) is 0 Å². The number of aliphatic carboxylic acids is 1. The number of amides is 1. The lowest BCUT2D eigenvalue weighted by atomic mass is 9.98. The number of benzene rings is 1. The highest BCUT2D eigenvalue weighted by Gasteiger charge is 2.35. The summed E-state index contributed by atoms with van der Waals surface area (Å²) in [6, 6.07) is 7.86. The minimum Gasteiger partial charge on any atom is -0.481 e. The number of hydrogen-bond acceptors (Lipinski definition) is 3. The summed E-state index contributed by atoms with van der Waals surface area (Å²) in [4.78, 5) is 25.3. The summed E-state index contributed by atoms with van der Waals surface area (Å²) in [6.07, 6.45) is 2.23. The molecule has 1 fully saturated rings. The second-order valence-electron chi connectivity index (χ2n) is 5.96. The Labute approximate surface area is 123 Å². The van der Waals surface area contributed by atoms with Gasteiger partial charge in [-0.2, -0.15) is 0 Å². The Kier molecular flexibility index (Phi) is 3.57. The Bertz CT molecular complexity index is 568. The van der Waals surface area contributed by atoms with Crippen molar-refractivity contribution in [1.29, 1.82) is 0 Å². The predicted octanol–water partition coefficient (Wildman–Crippen LogP) is 1.73. The molecule has 1 aromatic carbocycles. The summed E-state index contributed by atoms with van der Waals surface area (Å²) < 4.78 is 0. The van der Waals surface area contributed by atoms with Gasteiger partial charge < -0.3 is 15.3 Å². The third-order valence-corrected chi connectivity index (χ3v) is 4.29. The largest absolute Gasteiger partial charge is 0.481 e. The predicted molar refractivity (Wildman–Crippen MR) is 79.4 cm³/mol. The van der Waals surface area contributed by atoms with Crippen LogP contribution in [-0.2, 0) is 9.59 Å². The van der Waals surface area contributed by atoms with Gasteiger partial charge in [-0.1, -0.05) is 18.2 Å². The number of carbonyl (C=O) groups excluding carboxylic acids is 1. The molecule has 1 aliphatic carbocycles. The van der Waals surface area contributed by atoms with Crippen LogP contribution >= 0.6 is 0 Å². The Morgan fingerprint density at radius 3 is 2.76 bits per heavy atom. The summed E-state index contributed by atoms with van der Waals surface area (Å²) in [7, 11) is 0. The van der Waals surface area contributed by atoms with E-state index in [1.807, 2.05) is 36.1 Å². The fourth-order valence-electron chi connectivity index (χ4n) is 2.97. The number of carboxylic acids is 1. The van der Waals surface area contributed by atoms with Crippen LogP contribution < -0.4 is 10.2 Å². The molecule has 0 saturated heterocycles. The molecule has 0 spiro atoms. The number of nitrogens with one attached hydrogen (secondary N) is 1. The molecule has 1 heterocycles. The Hall–Kier alpha value is -2.04. The normalized spacial score (nSPS) is 21.8. The lowest BCUT2D eigenvalue weighted by Gasteiger charge is -2.26. The van der Waals surface area contributed by atoms with Crippen molar-refractivity contribution in [2.45, 2.75) is 44.2 Å². The third-order valence-electron chi connectivity index (χ3n) is 4.29. The van der Waals surface area contributed by atoms with Crippen molar-refractivity contribution in [3.63, 3.8) is 0 Å². The highest BCUT2D eigenvalue weighted by Crippen LogP contribution is 2.39.